The third kappa shape index (κ3) is 3.17. The summed E-state index contributed by atoms with van der Waals surface area (Å²) in [4.78, 5) is 17.4. The van der Waals surface area contributed by atoms with Crippen molar-refractivity contribution in [2.45, 2.75) is 63.5 Å². The highest BCUT2D eigenvalue weighted by atomic mass is 16.2. The lowest BCUT2D eigenvalue weighted by Crippen LogP contribution is -2.38. The summed E-state index contributed by atoms with van der Waals surface area (Å²) in [6, 6.07) is 0.981. The van der Waals surface area contributed by atoms with Crippen LogP contribution in [-0.4, -0.2) is 54.0 Å². The molecular formula is C16H29N3O. The Morgan fingerprint density at radius 3 is 2.40 bits per heavy atom. The summed E-state index contributed by atoms with van der Waals surface area (Å²) in [5.74, 6) is 0.605. The highest BCUT2D eigenvalue weighted by Crippen LogP contribution is 2.28. The Bertz CT molecular complexity index is 341. The Morgan fingerprint density at radius 2 is 1.70 bits per heavy atom. The monoisotopic (exact) mass is 279 g/mol. The molecule has 0 radical (unpaired) electrons. The molecule has 3 atom stereocenters. The van der Waals surface area contributed by atoms with Crippen LogP contribution in [0.5, 0.6) is 0 Å². The molecule has 2 aliphatic heterocycles. The Labute approximate surface area is 122 Å². The number of amides is 1. The van der Waals surface area contributed by atoms with Gasteiger partial charge in [-0.05, 0) is 64.5 Å². The summed E-state index contributed by atoms with van der Waals surface area (Å²) in [7, 11) is 0. The first-order valence-corrected chi connectivity index (χ1v) is 8.52. The van der Waals surface area contributed by atoms with Crippen molar-refractivity contribution in [1.29, 1.82) is 0 Å². The molecule has 3 aliphatic rings. The predicted octanol–water partition coefficient (Wildman–Crippen LogP) is 1.59. The Kier molecular flexibility index (Phi) is 4.61. The van der Waals surface area contributed by atoms with Crippen LogP contribution in [0.4, 0.5) is 0 Å². The van der Waals surface area contributed by atoms with Gasteiger partial charge in [-0.15, -0.1) is 0 Å². The van der Waals surface area contributed by atoms with E-state index in [1.807, 2.05) is 0 Å². The van der Waals surface area contributed by atoms with Crippen molar-refractivity contribution in [2.75, 3.05) is 26.2 Å². The quantitative estimate of drug-likeness (QED) is 0.835. The molecule has 2 N–H and O–H groups in total. The summed E-state index contributed by atoms with van der Waals surface area (Å²) < 4.78 is 0. The zero-order valence-electron chi connectivity index (χ0n) is 12.6. The molecule has 20 heavy (non-hydrogen) atoms. The minimum atomic E-state index is 0.216. The lowest BCUT2D eigenvalue weighted by atomic mass is 10.1. The van der Waals surface area contributed by atoms with Crippen molar-refractivity contribution in [2.24, 2.45) is 11.7 Å². The molecule has 0 aromatic rings. The van der Waals surface area contributed by atoms with Crippen molar-refractivity contribution < 1.29 is 4.79 Å². The maximum absolute atomic E-state index is 12.6. The van der Waals surface area contributed by atoms with E-state index in [9.17, 15) is 4.79 Å². The third-order valence-electron chi connectivity index (χ3n) is 5.49. The third-order valence-corrected chi connectivity index (χ3v) is 5.49. The van der Waals surface area contributed by atoms with Crippen molar-refractivity contribution >= 4 is 5.91 Å². The molecule has 114 valence electrons. The second-order valence-electron chi connectivity index (χ2n) is 6.92. The minimum absolute atomic E-state index is 0.216. The largest absolute Gasteiger partial charge is 0.342 e. The fraction of sp³-hybridized carbons (Fsp3) is 0.938. The van der Waals surface area contributed by atoms with Crippen LogP contribution in [0.3, 0.4) is 0 Å². The summed E-state index contributed by atoms with van der Waals surface area (Å²) in [5, 5.41) is 0. The van der Waals surface area contributed by atoms with Crippen LogP contribution in [0, 0.1) is 5.92 Å². The zero-order chi connectivity index (χ0) is 13.9. The summed E-state index contributed by atoms with van der Waals surface area (Å²) in [6.07, 6.45) is 9.28. The number of hydrogen-bond acceptors (Lipinski definition) is 3. The highest BCUT2D eigenvalue weighted by molar-refractivity contribution is 5.79. The molecule has 3 unspecified atom stereocenters. The first-order chi connectivity index (χ1) is 9.74. The van der Waals surface area contributed by atoms with Gasteiger partial charge in [0.15, 0.2) is 0 Å². The number of nitrogens with zero attached hydrogens (tertiary/aromatic N) is 2. The molecular weight excluding hydrogens is 250 g/mol. The van der Waals surface area contributed by atoms with Gasteiger partial charge in [-0.1, -0.05) is 0 Å². The summed E-state index contributed by atoms with van der Waals surface area (Å²) in [5.41, 5.74) is 5.95. The molecule has 0 bridgehead atoms. The molecule has 2 saturated heterocycles. The highest BCUT2D eigenvalue weighted by Gasteiger charge is 2.32. The van der Waals surface area contributed by atoms with E-state index in [-0.39, 0.29) is 12.0 Å². The van der Waals surface area contributed by atoms with Crippen molar-refractivity contribution in [3.63, 3.8) is 0 Å². The van der Waals surface area contributed by atoms with Crippen molar-refractivity contribution in [1.82, 2.24) is 9.80 Å². The van der Waals surface area contributed by atoms with Crippen molar-refractivity contribution in [3.8, 4) is 0 Å². The van der Waals surface area contributed by atoms with E-state index in [1.165, 1.54) is 45.2 Å². The van der Waals surface area contributed by atoms with Gasteiger partial charge < -0.3 is 15.5 Å². The number of rotatable bonds is 2. The van der Waals surface area contributed by atoms with Crippen LogP contribution in [0.2, 0.25) is 0 Å². The normalized spacial score (nSPS) is 36.2. The van der Waals surface area contributed by atoms with E-state index < -0.39 is 0 Å². The second kappa shape index (κ2) is 6.44. The van der Waals surface area contributed by atoms with Gasteiger partial charge in [-0.25, -0.2) is 0 Å². The van der Waals surface area contributed by atoms with E-state index in [0.717, 1.165) is 38.4 Å². The van der Waals surface area contributed by atoms with Crippen LogP contribution >= 0.6 is 0 Å². The molecule has 1 aliphatic carbocycles. The van der Waals surface area contributed by atoms with E-state index in [1.54, 1.807) is 0 Å². The molecule has 0 aromatic heterocycles. The lowest BCUT2D eigenvalue weighted by molar-refractivity contribution is -0.135. The summed E-state index contributed by atoms with van der Waals surface area (Å²) in [6.45, 7) is 4.48. The molecule has 0 spiro atoms. The molecule has 3 rings (SSSR count). The first-order valence-electron chi connectivity index (χ1n) is 8.52. The molecule has 1 saturated carbocycles. The second-order valence-corrected chi connectivity index (χ2v) is 6.92. The smallest absolute Gasteiger partial charge is 0.225 e. The zero-order valence-corrected chi connectivity index (χ0v) is 12.6. The molecule has 4 heteroatoms. The van der Waals surface area contributed by atoms with Crippen LogP contribution in [-0.2, 0) is 4.79 Å². The van der Waals surface area contributed by atoms with Gasteiger partial charge in [-0.3, -0.25) is 4.79 Å². The Morgan fingerprint density at radius 1 is 0.900 bits per heavy atom. The first kappa shape index (κ1) is 14.3. The van der Waals surface area contributed by atoms with Crippen molar-refractivity contribution in [3.05, 3.63) is 0 Å². The average molecular weight is 279 g/mol. The maximum Gasteiger partial charge on any atom is 0.225 e. The van der Waals surface area contributed by atoms with Gasteiger partial charge in [0, 0.05) is 31.1 Å². The van der Waals surface area contributed by atoms with Gasteiger partial charge >= 0.3 is 0 Å². The Balaban J connectivity index is 1.52. The maximum atomic E-state index is 12.6. The molecule has 2 heterocycles. The number of carbonyl (C=O) groups excluding carboxylic acids is 1. The Hall–Kier alpha value is -0.610. The molecule has 4 nitrogen and oxygen atoms in total. The number of nitrogens with two attached hydrogens (primary N) is 1. The van der Waals surface area contributed by atoms with Gasteiger partial charge in [0.1, 0.15) is 0 Å². The van der Waals surface area contributed by atoms with E-state index >= 15 is 0 Å². The molecule has 0 aromatic carbocycles. The number of hydrogen-bond donors (Lipinski definition) is 1. The van der Waals surface area contributed by atoms with Crippen LogP contribution in [0.15, 0.2) is 0 Å². The predicted molar refractivity (Wildman–Crippen MR) is 80.3 cm³/mol. The van der Waals surface area contributed by atoms with Crippen LogP contribution < -0.4 is 5.73 Å². The van der Waals surface area contributed by atoms with Gasteiger partial charge in [-0.2, -0.15) is 0 Å². The van der Waals surface area contributed by atoms with E-state index in [0.29, 0.717) is 5.91 Å². The summed E-state index contributed by atoms with van der Waals surface area (Å²) >= 11 is 0. The molecule has 1 amide bonds. The van der Waals surface area contributed by atoms with Crippen LogP contribution in [0.1, 0.15) is 51.4 Å². The van der Waals surface area contributed by atoms with Crippen LogP contribution in [0.25, 0.3) is 0 Å². The minimum Gasteiger partial charge on any atom is -0.342 e. The van der Waals surface area contributed by atoms with Gasteiger partial charge in [0.25, 0.3) is 0 Å². The number of carbonyl (C=O) groups is 1. The lowest BCUT2D eigenvalue weighted by Gasteiger charge is -2.27. The SMILES string of the molecule is NC1CCC(C(=O)N2CCCC(N3CCCC3)CC2)C1. The fourth-order valence-electron chi connectivity index (χ4n) is 4.27. The van der Waals surface area contributed by atoms with Gasteiger partial charge in [0.05, 0.1) is 0 Å². The number of likely N-dealkylation sites (tertiary alicyclic amines) is 2. The molecule has 3 fully saturated rings. The standard InChI is InChI=1S/C16H29N3O/c17-14-6-5-13(12-14)16(20)19-10-3-4-15(7-11-19)18-8-1-2-9-18/h13-15H,1-12,17H2. The average Bonchev–Trinajstić information content (AvgIpc) is 3.05. The fourth-order valence-corrected chi connectivity index (χ4v) is 4.27. The van der Waals surface area contributed by atoms with Gasteiger partial charge in [0.2, 0.25) is 5.91 Å². The van der Waals surface area contributed by atoms with E-state index in [2.05, 4.69) is 9.80 Å². The topological polar surface area (TPSA) is 49.6 Å². The van der Waals surface area contributed by atoms with E-state index in [4.69, 9.17) is 5.73 Å².